The first-order valence-corrected chi connectivity index (χ1v) is 8.88. The van der Waals surface area contributed by atoms with Crippen LogP contribution in [0.5, 0.6) is 0 Å². The largest absolute Gasteiger partial charge is 0.393 e. The second kappa shape index (κ2) is 6.81. The summed E-state index contributed by atoms with van der Waals surface area (Å²) in [6, 6.07) is 7.62. The topological polar surface area (TPSA) is 53.4 Å². The molecule has 1 saturated carbocycles. The summed E-state index contributed by atoms with van der Waals surface area (Å²) in [5.74, 6) is 0.200. The number of thiazole rings is 1. The average Bonchev–Trinajstić information content (AvgIpc) is 3.16. The number of aromatic nitrogens is 1. The van der Waals surface area contributed by atoms with Crippen LogP contribution in [0.1, 0.15) is 34.6 Å². The monoisotopic (exact) mass is 330 g/mol. The molecule has 1 N–H and O–H groups in total. The van der Waals surface area contributed by atoms with Crippen molar-refractivity contribution in [3.8, 4) is 11.3 Å². The second-order valence-electron chi connectivity index (χ2n) is 6.28. The van der Waals surface area contributed by atoms with Crippen molar-refractivity contribution in [3.05, 3.63) is 40.2 Å². The molecule has 1 aromatic heterocycles. The van der Waals surface area contributed by atoms with Crippen LogP contribution in [0.2, 0.25) is 0 Å². The summed E-state index contributed by atoms with van der Waals surface area (Å²) in [5.41, 5.74) is 2.55. The number of carbonyl (C=O) groups is 1. The molecule has 5 heteroatoms. The van der Waals surface area contributed by atoms with Gasteiger partial charge in [-0.15, -0.1) is 11.3 Å². The molecule has 0 saturated heterocycles. The molecule has 2 atom stereocenters. The number of aryl methyl sites for hydroxylation is 1. The van der Waals surface area contributed by atoms with Gasteiger partial charge in [0.05, 0.1) is 16.8 Å². The Morgan fingerprint density at radius 2 is 2.26 bits per heavy atom. The smallest absolute Gasteiger partial charge is 0.253 e. The lowest BCUT2D eigenvalue weighted by atomic mass is 10.0. The summed E-state index contributed by atoms with van der Waals surface area (Å²) in [7, 11) is 1.81. The lowest BCUT2D eigenvalue weighted by molar-refractivity contribution is 0.0693. The number of aliphatic hydroxyl groups is 1. The van der Waals surface area contributed by atoms with Crippen LogP contribution in [0.3, 0.4) is 0 Å². The van der Waals surface area contributed by atoms with Crippen molar-refractivity contribution >= 4 is 17.2 Å². The summed E-state index contributed by atoms with van der Waals surface area (Å²) in [4.78, 5) is 18.9. The Labute approximate surface area is 140 Å². The summed E-state index contributed by atoms with van der Waals surface area (Å²) in [6.07, 6.45) is 2.63. The highest BCUT2D eigenvalue weighted by molar-refractivity contribution is 7.09. The number of hydrogen-bond donors (Lipinski definition) is 1. The SMILES string of the molecule is Cc1nc(-c2cccc(C(=O)N(C)CC3CCCC3O)c2)cs1. The number of aliphatic hydroxyl groups excluding tert-OH is 1. The Bertz CT molecular complexity index is 698. The Morgan fingerprint density at radius 1 is 1.43 bits per heavy atom. The Kier molecular flexibility index (Phi) is 4.78. The summed E-state index contributed by atoms with van der Waals surface area (Å²) in [6.45, 7) is 2.59. The Balaban J connectivity index is 1.74. The minimum atomic E-state index is -0.269. The first-order valence-electron chi connectivity index (χ1n) is 8.00. The van der Waals surface area contributed by atoms with E-state index in [0.717, 1.165) is 35.5 Å². The van der Waals surface area contributed by atoms with E-state index < -0.39 is 0 Å². The molecule has 1 aliphatic rings. The first kappa shape index (κ1) is 16.1. The molecule has 2 aromatic rings. The molecule has 4 nitrogen and oxygen atoms in total. The molecule has 1 heterocycles. The highest BCUT2D eigenvalue weighted by Gasteiger charge is 2.27. The summed E-state index contributed by atoms with van der Waals surface area (Å²) < 4.78 is 0. The lowest BCUT2D eigenvalue weighted by Gasteiger charge is -2.23. The zero-order valence-corrected chi connectivity index (χ0v) is 14.3. The highest BCUT2D eigenvalue weighted by Crippen LogP contribution is 2.27. The highest BCUT2D eigenvalue weighted by atomic mass is 32.1. The first-order chi connectivity index (χ1) is 11.0. The zero-order valence-electron chi connectivity index (χ0n) is 13.5. The van der Waals surface area contributed by atoms with Crippen LogP contribution >= 0.6 is 11.3 Å². The van der Waals surface area contributed by atoms with Gasteiger partial charge in [0.1, 0.15) is 0 Å². The van der Waals surface area contributed by atoms with Crippen molar-refractivity contribution in [2.45, 2.75) is 32.3 Å². The van der Waals surface area contributed by atoms with E-state index in [0.29, 0.717) is 12.1 Å². The van der Waals surface area contributed by atoms with Crippen molar-refractivity contribution in [3.63, 3.8) is 0 Å². The number of carbonyl (C=O) groups excluding carboxylic acids is 1. The number of benzene rings is 1. The van der Waals surface area contributed by atoms with Gasteiger partial charge in [-0.3, -0.25) is 4.79 Å². The van der Waals surface area contributed by atoms with Gasteiger partial charge in [0, 0.05) is 36.0 Å². The summed E-state index contributed by atoms with van der Waals surface area (Å²) in [5, 5.41) is 13.0. The van der Waals surface area contributed by atoms with E-state index >= 15 is 0 Å². The normalized spacial score (nSPS) is 20.7. The van der Waals surface area contributed by atoms with Gasteiger partial charge in [-0.1, -0.05) is 18.6 Å². The van der Waals surface area contributed by atoms with E-state index in [-0.39, 0.29) is 17.9 Å². The molecule has 0 radical (unpaired) electrons. The number of nitrogens with zero attached hydrogens (tertiary/aromatic N) is 2. The summed E-state index contributed by atoms with van der Waals surface area (Å²) >= 11 is 1.61. The van der Waals surface area contributed by atoms with Gasteiger partial charge in [0.15, 0.2) is 0 Å². The minimum absolute atomic E-state index is 0.00194. The van der Waals surface area contributed by atoms with Crippen LogP contribution in [0.4, 0.5) is 0 Å². The molecule has 1 aliphatic carbocycles. The van der Waals surface area contributed by atoms with Crippen LogP contribution in [0.15, 0.2) is 29.6 Å². The fourth-order valence-electron chi connectivity index (χ4n) is 3.19. The zero-order chi connectivity index (χ0) is 16.4. The number of amides is 1. The van der Waals surface area contributed by atoms with Crippen molar-refractivity contribution in [1.29, 1.82) is 0 Å². The van der Waals surface area contributed by atoms with Crippen molar-refractivity contribution in [2.75, 3.05) is 13.6 Å². The number of hydrogen-bond acceptors (Lipinski definition) is 4. The molecule has 0 spiro atoms. The maximum atomic E-state index is 12.7. The molecular formula is C18H22N2O2S. The average molecular weight is 330 g/mol. The molecule has 1 amide bonds. The van der Waals surface area contributed by atoms with Crippen LogP contribution < -0.4 is 0 Å². The van der Waals surface area contributed by atoms with Crippen molar-refractivity contribution < 1.29 is 9.90 Å². The molecule has 1 aromatic carbocycles. The van der Waals surface area contributed by atoms with E-state index in [1.165, 1.54) is 0 Å². The minimum Gasteiger partial charge on any atom is -0.393 e. The van der Waals surface area contributed by atoms with Gasteiger partial charge in [-0.25, -0.2) is 4.98 Å². The van der Waals surface area contributed by atoms with Crippen LogP contribution in [-0.4, -0.2) is 40.6 Å². The van der Waals surface area contributed by atoms with Gasteiger partial charge in [-0.2, -0.15) is 0 Å². The fourth-order valence-corrected chi connectivity index (χ4v) is 3.81. The maximum Gasteiger partial charge on any atom is 0.253 e. The molecule has 122 valence electrons. The van der Waals surface area contributed by atoms with E-state index in [1.54, 1.807) is 16.2 Å². The molecular weight excluding hydrogens is 308 g/mol. The van der Waals surface area contributed by atoms with Crippen LogP contribution in [0.25, 0.3) is 11.3 Å². The third kappa shape index (κ3) is 3.62. The quantitative estimate of drug-likeness (QED) is 0.935. The van der Waals surface area contributed by atoms with Crippen LogP contribution in [0, 0.1) is 12.8 Å². The third-order valence-corrected chi connectivity index (χ3v) is 5.27. The predicted molar refractivity (Wildman–Crippen MR) is 92.6 cm³/mol. The van der Waals surface area contributed by atoms with E-state index in [4.69, 9.17) is 0 Å². The van der Waals surface area contributed by atoms with Gasteiger partial charge >= 0.3 is 0 Å². The maximum absolute atomic E-state index is 12.7. The molecule has 23 heavy (non-hydrogen) atoms. The standard InChI is InChI=1S/C18H22N2O2S/c1-12-19-16(11-23-12)13-5-3-6-14(9-13)18(22)20(2)10-15-7-4-8-17(15)21/h3,5-6,9,11,15,17,21H,4,7-8,10H2,1-2H3. The van der Waals surface area contributed by atoms with Crippen molar-refractivity contribution in [1.82, 2.24) is 9.88 Å². The van der Waals surface area contributed by atoms with E-state index in [1.807, 2.05) is 43.6 Å². The predicted octanol–water partition coefficient (Wildman–Crippen LogP) is 3.35. The molecule has 0 bridgehead atoms. The van der Waals surface area contributed by atoms with E-state index in [2.05, 4.69) is 4.98 Å². The molecule has 1 fully saturated rings. The molecule has 2 unspecified atom stereocenters. The molecule has 3 rings (SSSR count). The fraction of sp³-hybridized carbons (Fsp3) is 0.444. The van der Waals surface area contributed by atoms with Gasteiger partial charge in [-0.05, 0) is 31.9 Å². The Morgan fingerprint density at radius 3 is 2.91 bits per heavy atom. The van der Waals surface area contributed by atoms with Gasteiger partial charge in [0.25, 0.3) is 5.91 Å². The van der Waals surface area contributed by atoms with E-state index in [9.17, 15) is 9.90 Å². The van der Waals surface area contributed by atoms with Crippen LogP contribution in [-0.2, 0) is 0 Å². The van der Waals surface area contributed by atoms with Crippen molar-refractivity contribution in [2.24, 2.45) is 5.92 Å². The Hall–Kier alpha value is -1.72. The van der Waals surface area contributed by atoms with Gasteiger partial charge < -0.3 is 10.0 Å². The second-order valence-corrected chi connectivity index (χ2v) is 7.34. The lowest BCUT2D eigenvalue weighted by Crippen LogP contribution is -2.34. The molecule has 0 aliphatic heterocycles. The number of rotatable bonds is 4. The van der Waals surface area contributed by atoms with Gasteiger partial charge in [0.2, 0.25) is 0 Å². The third-order valence-electron chi connectivity index (χ3n) is 4.50.